The molecule has 0 spiro atoms. The van der Waals surface area contributed by atoms with Gasteiger partial charge in [0.2, 0.25) is 0 Å². The van der Waals surface area contributed by atoms with Gasteiger partial charge in [0, 0.05) is 10.6 Å². The van der Waals surface area contributed by atoms with Gasteiger partial charge in [0.05, 0.1) is 16.2 Å². The summed E-state index contributed by atoms with van der Waals surface area (Å²) in [5.41, 5.74) is 0.218. The third kappa shape index (κ3) is 3.67. The quantitative estimate of drug-likeness (QED) is 0.893. The molecule has 1 rings (SSSR count). The second-order valence-electron chi connectivity index (χ2n) is 5.40. The predicted molar refractivity (Wildman–Crippen MR) is 73.2 cm³/mol. The Labute approximate surface area is 111 Å². The maximum atomic E-state index is 12.1. The molecule has 1 aromatic rings. The molecule has 1 N–H and O–H groups in total. The van der Waals surface area contributed by atoms with Gasteiger partial charge in [-0.25, -0.2) is 0 Å². The Balaban J connectivity index is 2.82. The van der Waals surface area contributed by atoms with Crippen molar-refractivity contribution in [2.24, 2.45) is 5.41 Å². The van der Waals surface area contributed by atoms with Crippen LogP contribution in [0.4, 0.5) is 0 Å². The van der Waals surface area contributed by atoms with Crippen LogP contribution >= 0.6 is 0 Å². The summed E-state index contributed by atoms with van der Waals surface area (Å²) in [6.07, 6.45) is 0. The number of carboxylic acid groups (broad SMARTS) is 1. The van der Waals surface area contributed by atoms with E-state index in [4.69, 9.17) is 5.11 Å². The van der Waals surface area contributed by atoms with E-state index in [1.807, 2.05) is 24.3 Å². The van der Waals surface area contributed by atoms with Crippen molar-refractivity contribution in [3.05, 3.63) is 29.8 Å². The Morgan fingerprint density at radius 3 is 2.17 bits per heavy atom. The van der Waals surface area contributed by atoms with E-state index in [0.717, 1.165) is 0 Å². The standard InChI is InChI=1S/C14H20O3S/c1-10(2)11-5-7-12(8-6-11)18(17)9-14(3,4)13(15)16/h5-8,10H,9H2,1-4H3,(H,15,16). The molecule has 0 saturated heterocycles. The van der Waals surface area contributed by atoms with Gasteiger partial charge in [-0.3, -0.25) is 9.00 Å². The molecule has 1 atom stereocenters. The molecule has 0 aliphatic rings. The fourth-order valence-electron chi connectivity index (χ4n) is 1.48. The lowest BCUT2D eigenvalue weighted by Crippen LogP contribution is -2.30. The van der Waals surface area contributed by atoms with Crippen molar-refractivity contribution >= 4 is 16.8 Å². The smallest absolute Gasteiger partial charge is 0.310 e. The molecule has 0 aliphatic heterocycles. The third-order valence-electron chi connectivity index (χ3n) is 2.88. The van der Waals surface area contributed by atoms with Gasteiger partial charge in [-0.05, 0) is 37.5 Å². The van der Waals surface area contributed by atoms with E-state index in [-0.39, 0.29) is 5.75 Å². The van der Waals surface area contributed by atoms with Crippen LogP contribution < -0.4 is 0 Å². The van der Waals surface area contributed by atoms with E-state index < -0.39 is 22.2 Å². The Morgan fingerprint density at radius 1 is 1.28 bits per heavy atom. The van der Waals surface area contributed by atoms with Crippen molar-refractivity contribution in [1.29, 1.82) is 0 Å². The van der Waals surface area contributed by atoms with Crippen molar-refractivity contribution in [3.8, 4) is 0 Å². The van der Waals surface area contributed by atoms with E-state index in [2.05, 4.69) is 13.8 Å². The van der Waals surface area contributed by atoms with Crippen molar-refractivity contribution in [2.75, 3.05) is 5.75 Å². The highest BCUT2D eigenvalue weighted by molar-refractivity contribution is 7.85. The lowest BCUT2D eigenvalue weighted by atomic mass is 9.97. The minimum atomic E-state index is -1.28. The molecular weight excluding hydrogens is 248 g/mol. The molecule has 0 bridgehead atoms. The van der Waals surface area contributed by atoms with Gasteiger partial charge < -0.3 is 5.11 Å². The SMILES string of the molecule is CC(C)c1ccc(S(=O)CC(C)(C)C(=O)O)cc1. The molecule has 0 aliphatic carbocycles. The summed E-state index contributed by atoms with van der Waals surface area (Å²) in [6.45, 7) is 7.38. The largest absolute Gasteiger partial charge is 0.481 e. The zero-order valence-corrected chi connectivity index (χ0v) is 12.1. The van der Waals surface area contributed by atoms with Gasteiger partial charge in [0.15, 0.2) is 0 Å². The lowest BCUT2D eigenvalue weighted by Gasteiger charge is -2.18. The number of hydrogen-bond acceptors (Lipinski definition) is 2. The second-order valence-corrected chi connectivity index (χ2v) is 6.85. The molecule has 0 radical (unpaired) electrons. The molecule has 4 heteroatoms. The Bertz CT molecular complexity index is 447. The van der Waals surface area contributed by atoms with Gasteiger partial charge in [0.25, 0.3) is 0 Å². The van der Waals surface area contributed by atoms with Crippen LogP contribution in [0.15, 0.2) is 29.2 Å². The summed E-state index contributed by atoms with van der Waals surface area (Å²) in [7, 11) is -1.28. The number of carbonyl (C=O) groups is 1. The summed E-state index contributed by atoms with van der Waals surface area (Å²) in [6, 6.07) is 7.55. The van der Waals surface area contributed by atoms with Gasteiger partial charge in [-0.2, -0.15) is 0 Å². The van der Waals surface area contributed by atoms with Crippen LogP contribution in [0, 0.1) is 5.41 Å². The van der Waals surface area contributed by atoms with Crippen molar-refractivity contribution in [1.82, 2.24) is 0 Å². The first-order valence-electron chi connectivity index (χ1n) is 5.96. The van der Waals surface area contributed by atoms with Gasteiger partial charge in [-0.1, -0.05) is 26.0 Å². The molecule has 1 aromatic carbocycles. The number of benzene rings is 1. The van der Waals surface area contributed by atoms with Gasteiger partial charge >= 0.3 is 5.97 Å². The highest BCUT2D eigenvalue weighted by atomic mass is 32.2. The second kappa shape index (κ2) is 5.65. The van der Waals surface area contributed by atoms with Crippen molar-refractivity contribution in [3.63, 3.8) is 0 Å². The third-order valence-corrected chi connectivity index (χ3v) is 4.66. The van der Waals surface area contributed by atoms with Crippen LogP contribution in [0.1, 0.15) is 39.2 Å². The highest BCUT2D eigenvalue weighted by Gasteiger charge is 2.29. The van der Waals surface area contributed by atoms with Gasteiger partial charge in [0.1, 0.15) is 0 Å². The fourth-order valence-corrected chi connectivity index (χ4v) is 2.86. The van der Waals surface area contributed by atoms with Crippen LogP contribution in [-0.2, 0) is 15.6 Å². The van der Waals surface area contributed by atoms with Crippen LogP contribution in [0.2, 0.25) is 0 Å². The summed E-state index contributed by atoms with van der Waals surface area (Å²) >= 11 is 0. The van der Waals surface area contributed by atoms with Crippen molar-refractivity contribution in [2.45, 2.75) is 38.5 Å². The monoisotopic (exact) mass is 268 g/mol. The average molecular weight is 268 g/mol. The molecule has 0 saturated carbocycles. The normalized spacial score (nSPS) is 13.6. The first-order valence-corrected chi connectivity index (χ1v) is 7.27. The summed E-state index contributed by atoms with van der Waals surface area (Å²) in [5, 5.41) is 9.02. The fraction of sp³-hybridized carbons (Fsp3) is 0.500. The molecule has 0 heterocycles. The summed E-state index contributed by atoms with van der Waals surface area (Å²) < 4.78 is 12.1. The maximum absolute atomic E-state index is 12.1. The van der Waals surface area contributed by atoms with E-state index in [1.165, 1.54) is 5.56 Å². The maximum Gasteiger partial charge on any atom is 0.310 e. The molecular formula is C14H20O3S. The van der Waals surface area contributed by atoms with Crippen LogP contribution in [0.5, 0.6) is 0 Å². The van der Waals surface area contributed by atoms with E-state index in [1.54, 1.807) is 13.8 Å². The molecule has 0 fully saturated rings. The zero-order chi connectivity index (χ0) is 13.9. The Kier molecular flexibility index (Phi) is 4.68. The van der Waals surface area contributed by atoms with Crippen LogP contribution in [0.3, 0.4) is 0 Å². The van der Waals surface area contributed by atoms with E-state index >= 15 is 0 Å². The number of aliphatic carboxylic acids is 1. The molecule has 0 amide bonds. The van der Waals surface area contributed by atoms with E-state index in [0.29, 0.717) is 10.8 Å². The lowest BCUT2D eigenvalue weighted by molar-refractivity contribution is -0.145. The highest BCUT2D eigenvalue weighted by Crippen LogP contribution is 2.22. The number of hydrogen-bond donors (Lipinski definition) is 1. The number of rotatable bonds is 5. The molecule has 18 heavy (non-hydrogen) atoms. The molecule has 1 unspecified atom stereocenters. The Morgan fingerprint density at radius 2 is 1.78 bits per heavy atom. The van der Waals surface area contributed by atoms with Crippen LogP contribution in [-0.4, -0.2) is 21.0 Å². The molecule has 3 nitrogen and oxygen atoms in total. The van der Waals surface area contributed by atoms with Crippen molar-refractivity contribution < 1.29 is 14.1 Å². The minimum Gasteiger partial charge on any atom is -0.481 e. The topological polar surface area (TPSA) is 54.4 Å². The Hall–Kier alpha value is -1.16. The zero-order valence-electron chi connectivity index (χ0n) is 11.3. The van der Waals surface area contributed by atoms with Gasteiger partial charge in [-0.15, -0.1) is 0 Å². The number of carboxylic acids is 1. The minimum absolute atomic E-state index is 0.128. The summed E-state index contributed by atoms with van der Waals surface area (Å²) in [5.74, 6) is -0.360. The average Bonchev–Trinajstić information content (AvgIpc) is 2.28. The summed E-state index contributed by atoms with van der Waals surface area (Å²) in [4.78, 5) is 11.7. The first kappa shape index (κ1) is 14.9. The van der Waals surface area contributed by atoms with E-state index in [9.17, 15) is 9.00 Å². The first-order chi connectivity index (χ1) is 8.24. The van der Waals surface area contributed by atoms with Crippen LogP contribution in [0.25, 0.3) is 0 Å². The molecule has 0 aromatic heterocycles. The molecule has 100 valence electrons. The predicted octanol–water partition coefficient (Wildman–Crippen LogP) is 3.03.